The van der Waals surface area contributed by atoms with Crippen LogP contribution in [-0.4, -0.2) is 15.2 Å². The minimum Gasteiger partial charge on any atom is -0.277 e. The van der Waals surface area contributed by atoms with E-state index in [0.717, 1.165) is 47.9 Å². The fraction of sp³-hybridized carbons (Fsp3) is 0.250. The zero-order chi connectivity index (χ0) is 18.1. The molecule has 0 amide bonds. The smallest absolute Gasteiger partial charge is 0.118 e. The van der Waals surface area contributed by atoms with Crippen LogP contribution in [0.3, 0.4) is 0 Å². The third-order valence-corrected chi connectivity index (χ3v) is 6.23. The van der Waals surface area contributed by atoms with Crippen LogP contribution in [0.4, 0.5) is 0 Å². The van der Waals surface area contributed by atoms with Crippen LogP contribution in [0.25, 0.3) is 44.9 Å². The number of nitrogens with zero attached hydrogens (tertiary/aromatic N) is 2. The van der Waals surface area contributed by atoms with Crippen molar-refractivity contribution in [1.29, 1.82) is 0 Å². The first-order chi connectivity index (χ1) is 13.2. The van der Waals surface area contributed by atoms with Crippen LogP contribution in [0.2, 0.25) is 0 Å². The van der Waals surface area contributed by atoms with Crippen molar-refractivity contribution in [3.8, 4) is 0 Å². The number of allylic oxidation sites excluding steroid dienone is 2. The maximum absolute atomic E-state index is 5.09. The molecule has 2 aromatic carbocycles. The van der Waals surface area contributed by atoms with E-state index < -0.39 is 0 Å². The number of aryl methyl sites for hydroxylation is 2. The molecule has 6 rings (SSSR count). The Bertz CT molecular complexity index is 1330. The molecule has 0 saturated heterocycles. The lowest BCUT2D eigenvalue weighted by Gasteiger charge is -2.20. The quantitative estimate of drug-likeness (QED) is 0.397. The lowest BCUT2D eigenvalue weighted by atomic mass is 9.84. The molecular formula is C24H21N3. The number of para-hydroxylation sites is 1. The average Bonchev–Trinajstić information content (AvgIpc) is 3.06. The predicted molar refractivity (Wildman–Crippen MR) is 113 cm³/mol. The lowest BCUT2D eigenvalue weighted by Crippen LogP contribution is -2.03. The number of hydrogen-bond acceptors (Lipinski definition) is 2. The van der Waals surface area contributed by atoms with Crippen molar-refractivity contribution in [1.82, 2.24) is 15.2 Å². The molecular weight excluding hydrogens is 330 g/mol. The fourth-order valence-electron chi connectivity index (χ4n) is 4.90. The molecule has 0 fully saturated rings. The first-order valence-corrected chi connectivity index (χ1v) is 9.79. The third kappa shape index (κ3) is 2.03. The molecule has 0 spiro atoms. The van der Waals surface area contributed by atoms with Crippen LogP contribution < -0.4 is 0 Å². The second kappa shape index (κ2) is 5.29. The van der Waals surface area contributed by atoms with Crippen LogP contribution in [0.15, 0.2) is 35.4 Å². The van der Waals surface area contributed by atoms with Gasteiger partial charge in [0, 0.05) is 16.2 Å². The van der Waals surface area contributed by atoms with Gasteiger partial charge in [-0.2, -0.15) is 5.10 Å². The van der Waals surface area contributed by atoms with Gasteiger partial charge in [0.05, 0.1) is 16.7 Å². The van der Waals surface area contributed by atoms with Crippen molar-refractivity contribution in [3.05, 3.63) is 57.8 Å². The molecule has 2 aromatic heterocycles. The molecule has 0 aliphatic heterocycles. The average molecular weight is 351 g/mol. The van der Waals surface area contributed by atoms with Gasteiger partial charge in [0.1, 0.15) is 5.52 Å². The Morgan fingerprint density at radius 2 is 1.59 bits per heavy atom. The van der Waals surface area contributed by atoms with Gasteiger partial charge < -0.3 is 0 Å². The molecule has 4 aromatic rings. The predicted octanol–water partition coefficient (Wildman–Crippen LogP) is 5.96. The number of benzene rings is 2. The van der Waals surface area contributed by atoms with Crippen LogP contribution in [0.1, 0.15) is 49.1 Å². The summed E-state index contributed by atoms with van der Waals surface area (Å²) in [6.07, 6.45) is 9.10. The minimum absolute atomic E-state index is 1.01. The summed E-state index contributed by atoms with van der Waals surface area (Å²) in [6, 6.07) is 8.48. The second-order valence-electron chi connectivity index (χ2n) is 8.07. The molecule has 0 bridgehead atoms. The molecule has 2 aliphatic rings. The van der Waals surface area contributed by atoms with Gasteiger partial charge in [-0.25, -0.2) is 4.98 Å². The van der Waals surface area contributed by atoms with E-state index in [0.29, 0.717) is 0 Å². The summed E-state index contributed by atoms with van der Waals surface area (Å²) in [5, 5.41) is 11.9. The van der Waals surface area contributed by atoms with E-state index in [9.17, 15) is 0 Å². The number of hydrogen-bond donors (Lipinski definition) is 1. The lowest BCUT2D eigenvalue weighted by molar-refractivity contribution is 0.919. The first-order valence-electron chi connectivity index (χ1n) is 9.79. The number of H-pyrrole nitrogens is 1. The van der Waals surface area contributed by atoms with Crippen molar-refractivity contribution in [2.45, 2.75) is 39.5 Å². The summed E-state index contributed by atoms with van der Waals surface area (Å²) in [5.41, 5.74) is 11.5. The zero-order valence-corrected chi connectivity index (χ0v) is 15.7. The fourth-order valence-corrected chi connectivity index (χ4v) is 4.90. The second-order valence-corrected chi connectivity index (χ2v) is 8.07. The summed E-state index contributed by atoms with van der Waals surface area (Å²) >= 11 is 0. The summed E-state index contributed by atoms with van der Waals surface area (Å²) in [7, 11) is 0. The number of rotatable bonds is 0. The summed E-state index contributed by atoms with van der Waals surface area (Å²) in [4.78, 5) is 5.09. The molecule has 0 unspecified atom stereocenters. The first kappa shape index (κ1) is 15.2. The summed E-state index contributed by atoms with van der Waals surface area (Å²) < 4.78 is 0. The Morgan fingerprint density at radius 3 is 2.48 bits per heavy atom. The van der Waals surface area contributed by atoms with Gasteiger partial charge in [-0.15, -0.1) is 0 Å². The van der Waals surface area contributed by atoms with Crippen molar-refractivity contribution in [2.24, 2.45) is 0 Å². The van der Waals surface area contributed by atoms with E-state index in [4.69, 9.17) is 10.1 Å². The normalized spacial score (nSPS) is 16.4. The van der Waals surface area contributed by atoms with Gasteiger partial charge in [0.25, 0.3) is 0 Å². The maximum Gasteiger partial charge on any atom is 0.118 e. The third-order valence-electron chi connectivity index (χ3n) is 6.23. The van der Waals surface area contributed by atoms with E-state index in [1.807, 2.05) is 0 Å². The summed E-state index contributed by atoms with van der Waals surface area (Å²) in [5.74, 6) is 0. The molecule has 27 heavy (non-hydrogen) atoms. The maximum atomic E-state index is 5.09. The van der Waals surface area contributed by atoms with Gasteiger partial charge in [-0.1, -0.05) is 35.4 Å². The number of aromatic amines is 1. The minimum atomic E-state index is 1.01. The van der Waals surface area contributed by atoms with E-state index >= 15 is 0 Å². The van der Waals surface area contributed by atoms with Crippen molar-refractivity contribution in [3.63, 3.8) is 0 Å². The number of aromatic nitrogens is 3. The molecule has 1 N–H and O–H groups in total. The largest absolute Gasteiger partial charge is 0.277 e. The standard InChI is InChI=1S/C24H21N3/c1-13-7-9-15-18(11-13)22-16-5-3-4-6-19(16)26-27-24(22)23-21(15)17-10-8-14(2)12-20(17)25-23/h3-6,11-12,26H,7-10H2,1-2H3. The Morgan fingerprint density at radius 1 is 0.815 bits per heavy atom. The van der Waals surface area contributed by atoms with E-state index in [2.05, 4.69) is 55.4 Å². The van der Waals surface area contributed by atoms with E-state index in [1.165, 1.54) is 44.0 Å². The molecule has 132 valence electrons. The number of fused-ring (bicyclic) bond motifs is 10. The Hall–Kier alpha value is -2.94. The van der Waals surface area contributed by atoms with Crippen LogP contribution in [-0.2, 0) is 12.8 Å². The molecule has 0 atom stereocenters. The molecule has 2 heterocycles. The topological polar surface area (TPSA) is 41.6 Å². The Kier molecular flexibility index (Phi) is 2.97. The molecule has 0 radical (unpaired) electrons. The van der Waals surface area contributed by atoms with Crippen LogP contribution in [0.5, 0.6) is 0 Å². The van der Waals surface area contributed by atoms with Crippen molar-refractivity contribution >= 4 is 44.9 Å². The molecule has 0 saturated carbocycles. The molecule has 3 nitrogen and oxygen atoms in total. The van der Waals surface area contributed by atoms with Gasteiger partial charge in [-0.05, 0) is 68.4 Å². The highest BCUT2D eigenvalue weighted by Gasteiger charge is 2.25. The van der Waals surface area contributed by atoms with Gasteiger partial charge in [0.2, 0.25) is 0 Å². The Balaban J connectivity index is 1.89. The highest BCUT2D eigenvalue weighted by Crippen LogP contribution is 2.43. The Labute approximate surface area is 157 Å². The van der Waals surface area contributed by atoms with Crippen molar-refractivity contribution < 1.29 is 0 Å². The van der Waals surface area contributed by atoms with Gasteiger partial charge in [0.15, 0.2) is 0 Å². The monoisotopic (exact) mass is 351 g/mol. The highest BCUT2D eigenvalue weighted by molar-refractivity contribution is 6.19. The van der Waals surface area contributed by atoms with Crippen LogP contribution in [0, 0.1) is 0 Å². The molecule has 3 heteroatoms. The van der Waals surface area contributed by atoms with E-state index in [1.54, 1.807) is 0 Å². The highest BCUT2D eigenvalue weighted by atomic mass is 15.1. The summed E-state index contributed by atoms with van der Waals surface area (Å²) in [6.45, 7) is 4.45. The van der Waals surface area contributed by atoms with E-state index in [-0.39, 0.29) is 0 Å². The van der Waals surface area contributed by atoms with Gasteiger partial charge >= 0.3 is 0 Å². The SMILES string of the molecule is CC1=Cc2nc3c(c2CC1)c1c(c2c4ccccc4[nH]nc32)C=C(C)CC1. The zero-order valence-electron chi connectivity index (χ0n) is 15.7. The van der Waals surface area contributed by atoms with Gasteiger partial charge in [-0.3, -0.25) is 5.10 Å². The number of nitrogens with one attached hydrogen (secondary N) is 1. The van der Waals surface area contributed by atoms with Crippen molar-refractivity contribution in [2.75, 3.05) is 0 Å². The molecule has 2 aliphatic carbocycles. The van der Waals surface area contributed by atoms with Crippen LogP contribution >= 0.6 is 0 Å².